The van der Waals surface area contributed by atoms with Crippen molar-refractivity contribution in [3.8, 4) is 0 Å². The SMILES string of the molecule is Cc1noc(CNc2nnc(Cl)c3ccccc23)n1. The molecule has 19 heavy (non-hydrogen) atoms. The number of benzene rings is 1. The van der Waals surface area contributed by atoms with Gasteiger partial charge in [0.25, 0.3) is 0 Å². The number of anilines is 1. The summed E-state index contributed by atoms with van der Waals surface area (Å²) in [5.41, 5.74) is 0. The molecule has 0 aliphatic heterocycles. The van der Waals surface area contributed by atoms with E-state index in [1.807, 2.05) is 24.3 Å². The highest BCUT2D eigenvalue weighted by Crippen LogP contribution is 2.25. The van der Waals surface area contributed by atoms with Gasteiger partial charge in [0, 0.05) is 10.8 Å². The van der Waals surface area contributed by atoms with E-state index in [-0.39, 0.29) is 0 Å². The lowest BCUT2D eigenvalue weighted by Crippen LogP contribution is -2.03. The van der Waals surface area contributed by atoms with E-state index in [2.05, 4.69) is 25.7 Å². The van der Waals surface area contributed by atoms with E-state index < -0.39 is 0 Å². The number of nitrogens with zero attached hydrogens (tertiary/aromatic N) is 4. The zero-order valence-electron chi connectivity index (χ0n) is 10.1. The minimum absolute atomic E-state index is 0.384. The first-order chi connectivity index (χ1) is 9.24. The summed E-state index contributed by atoms with van der Waals surface area (Å²) < 4.78 is 5.02. The van der Waals surface area contributed by atoms with Crippen molar-refractivity contribution >= 4 is 28.2 Å². The van der Waals surface area contributed by atoms with Crippen LogP contribution in [0.4, 0.5) is 5.82 Å². The maximum atomic E-state index is 6.01. The minimum Gasteiger partial charge on any atom is -0.359 e. The van der Waals surface area contributed by atoms with E-state index in [0.29, 0.717) is 29.2 Å². The standard InChI is InChI=1S/C12H10ClN5O/c1-7-15-10(19-18-7)6-14-12-9-5-3-2-4-8(9)11(13)16-17-12/h2-5H,6H2,1H3,(H,14,17). The lowest BCUT2D eigenvalue weighted by atomic mass is 10.2. The van der Waals surface area contributed by atoms with Crippen molar-refractivity contribution in [3.63, 3.8) is 0 Å². The summed E-state index contributed by atoms with van der Waals surface area (Å²) in [6.45, 7) is 2.16. The molecule has 7 heteroatoms. The quantitative estimate of drug-likeness (QED) is 0.792. The van der Waals surface area contributed by atoms with Crippen LogP contribution in [0, 0.1) is 6.92 Å². The molecular weight excluding hydrogens is 266 g/mol. The normalized spacial score (nSPS) is 10.8. The van der Waals surface area contributed by atoms with Crippen LogP contribution in [-0.4, -0.2) is 20.3 Å². The number of aromatic nitrogens is 4. The molecule has 6 nitrogen and oxygen atoms in total. The Morgan fingerprint density at radius 2 is 2.00 bits per heavy atom. The van der Waals surface area contributed by atoms with Gasteiger partial charge in [-0.2, -0.15) is 4.98 Å². The van der Waals surface area contributed by atoms with Crippen molar-refractivity contribution in [1.82, 2.24) is 20.3 Å². The third-order valence-corrected chi connectivity index (χ3v) is 2.90. The smallest absolute Gasteiger partial charge is 0.245 e. The monoisotopic (exact) mass is 275 g/mol. The van der Waals surface area contributed by atoms with Crippen LogP contribution in [-0.2, 0) is 6.54 Å². The van der Waals surface area contributed by atoms with Crippen molar-refractivity contribution in [3.05, 3.63) is 41.1 Å². The first kappa shape index (κ1) is 11.9. The summed E-state index contributed by atoms with van der Waals surface area (Å²) in [4.78, 5) is 4.11. The third-order valence-electron chi connectivity index (χ3n) is 2.62. The molecule has 0 aliphatic rings. The van der Waals surface area contributed by atoms with Crippen molar-refractivity contribution in [2.45, 2.75) is 13.5 Å². The maximum absolute atomic E-state index is 6.01. The molecule has 0 spiro atoms. The Morgan fingerprint density at radius 1 is 1.21 bits per heavy atom. The second kappa shape index (κ2) is 4.81. The number of hydrogen-bond donors (Lipinski definition) is 1. The van der Waals surface area contributed by atoms with Gasteiger partial charge in [0.1, 0.15) is 0 Å². The number of fused-ring (bicyclic) bond motifs is 1. The molecular formula is C12H10ClN5O. The first-order valence-corrected chi connectivity index (χ1v) is 6.06. The highest BCUT2D eigenvalue weighted by molar-refractivity contribution is 6.34. The van der Waals surface area contributed by atoms with Gasteiger partial charge in [0.2, 0.25) is 5.89 Å². The molecule has 0 fully saturated rings. The van der Waals surface area contributed by atoms with Crippen LogP contribution in [0.5, 0.6) is 0 Å². The molecule has 0 atom stereocenters. The summed E-state index contributed by atoms with van der Waals surface area (Å²) in [6, 6.07) is 7.65. The van der Waals surface area contributed by atoms with E-state index in [1.54, 1.807) is 6.92 Å². The van der Waals surface area contributed by atoms with Gasteiger partial charge in [-0.15, -0.1) is 10.2 Å². The van der Waals surface area contributed by atoms with Crippen LogP contribution in [0.15, 0.2) is 28.8 Å². The van der Waals surface area contributed by atoms with E-state index in [0.717, 1.165) is 10.8 Å². The van der Waals surface area contributed by atoms with Gasteiger partial charge in [-0.05, 0) is 6.92 Å². The average Bonchev–Trinajstić information content (AvgIpc) is 2.84. The molecule has 0 amide bonds. The molecule has 96 valence electrons. The molecule has 2 heterocycles. The fourth-order valence-corrected chi connectivity index (χ4v) is 1.98. The maximum Gasteiger partial charge on any atom is 0.245 e. The van der Waals surface area contributed by atoms with Crippen LogP contribution in [0.25, 0.3) is 10.8 Å². The Kier molecular flexibility index (Phi) is 3.00. The molecule has 3 rings (SSSR count). The van der Waals surface area contributed by atoms with Crippen LogP contribution in [0.3, 0.4) is 0 Å². The van der Waals surface area contributed by atoms with Crippen molar-refractivity contribution < 1.29 is 4.52 Å². The Bertz CT molecular complexity index is 727. The molecule has 0 bridgehead atoms. The molecule has 0 saturated heterocycles. The lowest BCUT2D eigenvalue weighted by molar-refractivity contribution is 0.379. The highest BCUT2D eigenvalue weighted by atomic mass is 35.5. The first-order valence-electron chi connectivity index (χ1n) is 5.68. The summed E-state index contributed by atoms with van der Waals surface area (Å²) in [5.74, 6) is 1.73. The number of aryl methyl sites for hydroxylation is 1. The molecule has 2 aromatic heterocycles. The third kappa shape index (κ3) is 2.34. The molecule has 0 radical (unpaired) electrons. The molecule has 1 aromatic carbocycles. The molecule has 0 aliphatic carbocycles. The van der Waals surface area contributed by atoms with Crippen molar-refractivity contribution in [2.75, 3.05) is 5.32 Å². The second-order valence-electron chi connectivity index (χ2n) is 3.97. The predicted molar refractivity (Wildman–Crippen MR) is 70.9 cm³/mol. The van der Waals surface area contributed by atoms with Crippen LogP contribution in [0.2, 0.25) is 5.15 Å². The van der Waals surface area contributed by atoms with Gasteiger partial charge in [0.15, 0.2) is 16.8 Å². The van der Waals surface area contributed by atoms with E-state index in [1.165, 1.54) is 0 Å². The zero-order valence-corrected chi connectivity index (χ0v) is 10.8. The fourth-order valence-electron chi connectivity index (χ4n) is 1.77. The number of hydrogen-bond acceptors (Lipinski definition) is 6. The molecule has 0 unspecified atom stereocenters. The van der Waals surface area contributed by atoms with Crippen LogP contribution in [0.1, 0.15) is 11.7 Å². The molecule has 0 saturated carbocycles. The number of rotatable bonds is 3. The van der Waals surface area contributed by atoms with Crippen LogP contribution < -0.4 is 5.32 Å². The van der Waals surface area contributed by atoms with Gasteiger partial charge in [-0.3, -0.25) is 0 Å². The summed E-state index contributed by atoms with van der Waals surface area (Å²) in [7, 11) is 0. The number of nitrogens with one attached hydrogen (secondary N) is 1. The Morgan fingerprint density at radius 3 is 2.74 bits per heavy atom. The Hall–Kier alpha value is -2.21. The molecule has 1 N–H and O–H groups in total. The number of halogens is 1. The second-order valence-corrected chi connectivity index (χ2v) is 4.33. The van der Waals surface area contributed by atoms with E-state index >= 15 is 0 Å². The van der Waals surface area contributed by atoms with Crippen LogP contribution >= 0.6 is 11.6 Å². The van der Waals surface area contributed by atoms with E-state index in [4.69, 9.17) is 16.1 Å². The predicted octanol–water partition coefficient (Wildman–Crippen LogP) is 2.59. The lowest BCUT2D eigenvalue weighted by Gasteiger charge is -2.06. The van der Waals surface area contributed by atoms with Gasteiger partial charge in [-0.25, -0.2) is 0 Å². The summed E-state index contributed by atoms with van der Waals surface area (Å²) in [6.07, 6.45) is 0. The summed E-state index contributed by atoms with van der Waals surface area (Å²) in [5, 5.41) is 16.9. The van der Waals surface area contributed by atoms with Crippen molar-refractivity contribution in [1.29, 1.82) is 0 Å². The topological polar surface area (TPSA) is 76.7 Å². The molecule has 3 aromatic rings. The van der Waals surface area contributed by atoms with Gasteiger partial charge < -0.3 is 9.84 Å². The minimum atomic E-state index is 0.384. The van der Waals surface area contributed by atoms with E-state index in [9.17, 15) is 0 Å². The van der Waals surface area contributed by atoms with Gasteiger partial charge in [-0.1, -0.05) is 41.0 Å². The average molecular weight is 276 g/mol. The Balaban J connectivity index is 1.91. The summed E-state index contributed by atoms with van der Waals surface area (Å²) >= 11 is 6.01. The largest absolute Gasteiger partial charge is 0.359 e. The zero-order chi connectivity index (χ0) is 13.2. The van der Waals surface area contributed by atoms with Gasteiger partial charge in [0.05, 0.1) is 6.54 Å². The van der Waals surface area contributed by atoms with Crippen molar-refractivity contribution in [2.24, 2.45) is 0 Å². The fraction of sp³-hybridized carbons (Fsp3) is 0.167. The Labute approximate surface area is 113 Å². The van der Waals surface area contributed by atoms with Gasteiger partial charge >= 0.3 is 0 Å². The highest BCUT2D eigenvalue weighted by Gasteiger charge is 2.08.